The van der Waals surface area contributed by atoms with Crippen LogP contribution in [0, 0.1) is 0 Å². The van der Waals surface area contributed by atoms with E-state index in [-0.39, 0.29) is 81.5 Å². The maximum Gasteiger partial charge on any atom is 0.209 e. The van der Waals surface area contributed by atoms with E-state index < -0.39 is 5.60 Å². The van der Waals surface area contributed by atoms with Crippen LogP contribution in [0.25, 0.3) is 0 Å². The second kappa shape index (κ2) is 27.4. The van der Waals surface area contributed by atoms with Crippen LogP contribution in [-0.4, -0.2) is 56.6 Å². The maximum atomic E-state index is 12.3. The molecule has 0 amide bonds. The van der Waals surface area contributed by atoms with E-state index in [1.54, 1.807) is 56.3 Å². The minimum absolute atomic E-state index is 0. The van der Waals surface area contributed by atoms with Crippen LogP contribution >= 0.6 is 141 Å². The van der Waals surface area contributed by atoms with Crippen molar-refractivity contribution in [2.75, 3.05) is 39.6 Å². The van der Waals surface area contributed by atoms with E-state index in [0.29, 0.717) is 93.0 Å². The molecule has 356 valence electrons. The van der Waals surface area contributed by atoms with Gasteiger partial charge in [0.1, 0.15) is 39.3 Å². The van der Waals surface area contributed by atoms with Gasteiger partial charge in [-0.15, -0.1) is 48.0 Å². The lowest BCUT2D eigenvalue weighted by atomic mass is 10.00. The predicted octanol–water partition coefficient (Wildman–Crippen LogP) is 16.2. The third-order valence-electron chi connectivity index (χ3n) is 9.19. The zero-order valence-corrected chi connectivity index (χ0v) is 46.4. The Bertz CT molecular complexity index is 2240. The van der Waals surface area contributed by atoms with Gasteiger partial charge in [-0.1, -0.05) is 111 Å². The molecule has 0 spiro atoms. The van der Waals surface area contributed by atoms with Crippen molar-refractivity contribution in [1.29, 1.82) is 0 Å². The molecule has 0 saturated carbocycles. The van der Waals surface area contributed by atoms with Gasteiger partial charge < -0.3 is 37.9 Å². The summed E-state index contributed by atoms with van der Waals surface area (Å²) in [5.74, 6) is 4.47. The second-order valence-corrected chi connectivity index (χ2v) is 18.9. The van der Waals surface area contributed by atoms with E-state index in [1.807, 2.05) is 12.1 Å². The molecular formula is C46H48Cl8I2O9. The number of unbranched alkanes of at least 4 members (excludes halogenated alkanes) is 2. The Morgan fingerprint density at radius 2 is 1.00 bits per heavy atom. The highest BCUT2D eigenvalue weighted by Gasteiger charge is 2.41. The number of carbonyl (C=O) groups is 1. The second-order valence-electron chi connectivity index (χ2n) is 15.2. The fourth-order valence-corrected chi connectivity index (χ4v) is 7.68. The SMILES string of the molecule is CC1(C)Cc2cccc(OCCCCOc3c(Cl)cc(OCC=C(Cl)Cl)cc3Cl)c2O1.CC1(C)Oc2c(OCCCCOc3c(Cl)cc(OCC=C(Cl)Cl)cc3Cl)cccc2C1=O.I.I. The van der Waals surface area contributed by atoms with E-state index >= 15 is 0 Å². The zero-order chi connectivity index (χ0) is 45.7. The van der Waals surface area contributed by atoms with Crippen molar-refractivity contribution in [3.63, 3.8) is 0 Å². The average Bonchev–Trinajstić information content (AvgIpc) is 3.66. The lowest BCUT2D eigenvalue weighted by molar-refractivity contribution is 0.0677. The summed E-state index contributed by atoms with van der Waals surface area (Å²) in [7, 11) is 0. The minimum Gasteiger partial charge on any atom is -0.490 e. The summed E-state index contributed by atoms with van der Waals surface area (Å²) >= 11 is 47.3. The first-order chi connectivity index (χ1) is 29.9. The molecule has 2 heterocycles. The molecule has 0 bridgehead atoms. The largest absolute Gasteiger partial charge is 0.490 e. The maximum absolute atomic E-state index is 12.3. The highest BCUT2D eigenvalue weighted by Crippen LogP contribution is 2.43. The summed E-state index contributed by atoms with van der Waals surface area (Å²) in [6, 6.07) is 17.9. The minimum atomic E-state index is -0.872. The van der Waals surface area contributed by atoms with Crippen molar-refractivity contribution in [2.24, 2.45) is 0 Å². The van der Waals surface area contributed by atoms with Gasteiger partial charge in [0.2, 0.25) is 5.78 Å². The number of hydrogen-bond acceptors (Lipinski definition) is 9. The molecule has 4 aromatic rings. The van der Waals surface area contributed by atoms with Crippen molar-refractivity contribution in [3.05, 3.63) is 113 Å². The molecule has 2 aliphatic heterocycles. The number of halogens is 10. The molecule has 0 aromatic heterocycles. The number of hydrogen-bond donors (Lipinski definition) is 0. The third-order valence-corrected chi connectivity index (χ3v) is 10.9. The molecular weight excluding hydrogens is 1230 g/mol. The summed E-state index contributed by atoms with van der Waals surface area (Å²) in [6.45, 7) is 9.93. The number of Topliss-reactive ketones (excluding diaryl/α,β-unsaturated/α-hetero) is 1. The number of fused-ring (bicyclic) bond motifs is 2. The number of rotatable bonds is 20. The van der Waals surface area contributed by atoms with Gasteiger partial charge in [-0.2, -0.15) is 0 Å². The topological polar surface area (TPSA) is 90.9 Å². The summed E-state index contributed by atoms with van der Waals surface area (Å²) < 4.78 is 46.3. The molecule has 0 unspecified atom stereocenters. The lowest BCUT2D eigenvalue weighted by Gasteiger charge is -2.18. The highest BCUT2D eigenvalue weighted by molar-refractivity contribution is 14.0. The van der Waals surface area contributed by atoms with Crippen LogP contribution < -0.4 is 37.9 Å². The molecule has 6 rings (SSSR count). The highest BCUT2D eigenvalue weighted by atomic mass is 127. The van der Waals surface area contributed by atoms with Crippen molar-refractivity contribution >= 4 is 147 Å². The van der Waals surface area contributed by atoms with Crippen LogP contribution in [0.3, 0.4) is 0 Å². The van der Waals surface area contributed by atoms with Crippen LogP contribution in [-0.2, 0) is 6.42 Å². The van der Waals surface area contributed by atoms with Gasteiger partial charge in [-0.05, 0) is 83.7 Å². The smallest absolute Gasteiger partial charge is 0.209 e. The van der Waals surface area contributed by atoms with Crippen molar-refractivity contribution in [2.45, 2.75) is 71.0 Å². The lowest BCUT2D eigenvalue weighted by Crippen LogP contribution is -2.31. The molecule has 19 heteroatoms. The summed E-state index contributed by atoms with van der Waals surface area (Å²) in [5.41, 5.74) is 0.671. The Morgan fingerprint density at radius 3 is 1.45 bits per heavy atom. The monoisotopic (exact) mass is 1280 g/mol. The van der Waals surface area contributed by atoms with E-state index in [1.165, 1.54) is 17.7 Å². The fraction of sp³-hybridized carbons (Fsp3) is 0.370. The first-order valence-electron chi connectivity index (χ1n) is 19.9. The van der Waals surface area contributed by atoms with Gasteiger partial charge >= 0.3 is 0 Å². The van der Waals surface area contributed by atoms with Gasteiger partial charge in [-0.25, -0.2) is 0 Å². The summed E-state index contributed by atoms with van der Waals surface area (Å²) in [5, 5.41) is 1.43. The Morgan fingerprint density at radius 1 is 0.585 bits per heavy atom. The first kappa shape index (κ1) is 57.5. The summed E-state index contributed by atoms with van der Waals surface area (Å²) in [6.07, 6.45) is 6.95. The molecule has 0 radical (unpaired) electrons. The molecule has 2 aliphatic rings. The Balaban J connectivity index is 0.000000335. The van der Waals surface area contributed by atoms with Crippen LogP contribution in [0.4, 0.5) is 0 Å². The van der Waals surface area contributed by atoms with Gasteiger partial charge in [0.05, 0.1) is 52.1 Å². The van der Waals surface area contributed by atoms with Crippen molar-refractivity contribution in [3.8, 4) is 46.0 Å². The van der Waals surface area contributed by atoms with Gasteiger partial charge in [0, 0.05) is 36.2 Å². The first-order valence-corrected chi connectivity index (χ1v) is 22.9. The predicted molar refractivity (Wildman–Crippen MR) is 285 cm³/mol. The fourth-order valence-electron chi connectivity index (χ4n) is 6.28. The number of ketones is 1. The van der Waals surface area contributed by atoms with Crippen LogP contribution in [0.1, 0.15) is 69.3 Å². The quantitative estimate of drug-likeness (QED) is 0.0634. The zero-order valence-electron chi connectivity index (χ0n) is 35.7. The van der Waals surface area contributed by atoms with E-state index in [9.17, 15) is 4.79 Å². The normalized spacial score (nSPS) is 13.4. The number of ether oxygens (including phenoxy) is 8. The molecule has 0 atom stereocenters. The number of benzene rings is 4. The van der Waals surface area contributed by atoms with E-state index in [2.05, 4.69) is 19.9 Å². The van der Waals surface area contributed by atoms with E-state index in [0.717, 1.165) is 37.2 Å². The Labute approximate surface area is 454 Å². The molecule has 4 aromatic carbocycles. The van der Waals surface area contributed by atoms with Crippen molar-refractivity contribution < 1.29 is 42.7 Å². The average molecular weight is 1280 g/mol. The van der Waals surface area contributed by atoms with Crippen molar-refractivity contribution in [1.82, 2.24) is 0 Å². The van der Waals surface area contributed by atoms with E-state index in [4.69, 9.17) is 131 Å². The Hall–Kier alpha value is -1.79. The molecule has 0 saturated heterocycles. The summed E-state index contributed by atoms with van der Waals surface area (Å²) in [4.78, 5) is 12.3. The van der Waals surface area contributed by atoms with Crippen LogP contribution in [0.2, 0.25) is 20.1 Å². The van der Waals surface area contributed by atoms with Gasteiger partial charge in [-0.3, -0.25) is 4.79 Å². The molecule has 0 fully saturated rings. The standard InChI is InChI=1S/C23H22Cl4O5.C23H24Cl4O4.2HI/c1-23(2)22(28)15-6-5-7-18(20(15)32-23)30-9-3-4-10-31-21-16(24)12-14(13-17(21)25)29-11-8-19(26)27;1-23(2)14-15-6-5-7-19(21(15)31-23)29-9-3-4-10-30-22-17(24)12-16(13-18(22)25)28-11-8-20(26)27;;/h5-8,12-13H,3-4,9-11H2,1-2H3;5-8,12-13H,3-4,9-11,14H2,1-2H3;2*1H. The van der Waals surface area contributed by atoms with Crippen LogP contribution in [0.15, 0.2) is 81.8 Å². The molecule has 9 nitrogen and oxygen atoms in total. The van der Waals surface area contributed by atoms with Gasteiger partial charge in [0.25, 0.3) is 0 Å². The molecule has 65 heavy (non-hydrogen) atoms. The number of carbonyl (C=O) groups excluding carboxylic acids is 1. The molecule has 0 aliphatic carbocycles. The molecule has 0 N–H and O–H groups in total. The van der Waals surface area contributed by atoms with Gasteiger partial charge in [0.15, 0.2) is 40.1 Å². The van der Waals surface area contributed by atoms with Crippen LogP contribution in [0.5, 0.6) is 46.0 Å². The number of para-hydroxylation sites is 2. The Kier molecular flexibility index (Phi) is 24.3. The third kappa shape index (κ3) is 17.6.